The first-order chi connectivity index (χ1) is 9.27. The summed E-state index contributed by atoms with van der Waals surface area (Å²) in [5, 5.41) is 21.2. The number of likely N-dealkylation sites (tertiary alicyclic amines) is 1. The smallest absolute Gasteiger partial charge is 0.326 e. The molecule has 1 heterocycles. The number of hydrogen-bond donors (Lipinski definition) is 3. The Morgan fingerprint density at radius 1 is 1.40 bits per heavy atom. The Balaban J connectivity index is 2.78. The van der Waals surface area contributed by atoms with Gasteiger partial charge >= 0.3 is 5.97 Å². The zero-order valence-electron chi connectivity index (χ0n) is 12.0. The molecule has 0 aromatic carbocycles. The highest BCUT2D eigenvalue weighted by Gasteiger charge is 2.39. The Kier molecular flexibility index (Phi) is 5.50. The predicted octanol–water partition coefficient (Wildman–Crippen LogP) is -0.416. The number of hydrogen-bond acceptors (Lipinski definition) is 4. The second kappa shape index (κ2) is 6.69. The van der Waals surface area contributed by atoms with Crippen LogP contribution in [0.1, 0.15) is 33.6 Å². The second-order valence-electron chi connectivity index (χ2n) is 5.29. The summed E-state index contributed by atoms with van der Waals surface area (Å²) in [5.74, 6) is -2.14. The first kappa shape index (κ1) is 16.4. The van der Waals surface area contributed by atoms with E-state index in [1.54, 1.807) is 6.92 Å². The van der Waals surface area contributed by atoms with E-state index in [0.29, 0.717) is 6.42 Å². The molecule has 2 amide bonds. The zero-order valence-corrected chi connectivity index (χ0v) is 12.0. The van der Waals surface area contributed by atoms with Gasteiger partial charge in [-0.25, -0.2) is 4.79 Å². The summed E-state index contributed by atoms with van der Waals surface area (Å²) in [5.41, 5.74) is 0. The van der Waals surface area contributed by atoms with Gasteiger partial charge in [0.15, 0.2) is 0 Å². The van der Waals surface area contributed by atoms with Crippen molar-refractivity contribution in [3.8, 4) is 0 Å². The fraction of sp³-hybridized carbons (Fsp3) is 0.769. The van der Waals surface area contributed by atoms with Gasteiger partial charge in [0, 0.05) is 19.9 Å². The van der Waals surface area contributed by atoms with Crippen molar-refractivity contribution < 1.29 is 24.6 Å². The van der Waals surface area contributed by atoms with Crippen molar-refractivity contribution >= 4 is 17.8 Å². The molecule has 0 bridgehead atoms. The summed E-state index contributed by atoms with van der Waals surface area (Å²) in [6, 6.07) is -1.78. The fourth-order valence-electron chi connectivity index (χ4n) is 2.34. The lowest BCUT2D eigenvalue weighted by Crippen LogP contribution is -2.52. The number of carboxylic acid groups (broad SMARTS) is 1. The fourth-order valence-corrected chi connectivity index (χ4v) is 2.34. The standard InChI is InChI=1S/C13H22N2O5/c1-4-7(2)11(13(19)20)14-12(18)10-5-9(17)6-15(10)8(3)16/h7,9-11,17H,4-6H2,1-3H3,(H,14,18)(H,19,20)/t7-,9-,10+,11+/m1/s1. The first-order valence-corrected chi connectivity index (χ1v) is 6.76. The van der Waals surface area contributed by atoms with Crippen LogP contribution in [0, 0.1) is 5.92 Å². The van der Waals surface area contributed by atoms with E-state index in [1.165, 1.54) is 11.8 Å². The largest absolute Gasteiger partial charge is 0.480 e. The van der Waals surface area contributed by atoms with Gasteiger partial charge in [-0.3, -0.25) is 9.59 Å². The molecule has 7 heteroatoms. The van der Waals surface area contributed by atoms with Crippen LogP contribution >= 0.6 is 0 Å². The molecule has 3 N–H and O–H groups in total. The molecule has 0 spiro atoms. The molecule has 4 atom stereocenters. The molecule has 1 aliphatic rings. The van der Waals surface area contributed by atoms with Crippen LogP contribution in [0.2, 0.25) is 0 Å². The average Bonchev–Trinajstić information content (AvgIpc) is 2.76. The van der Waals surface area contributed by atoms with Gasteiger partial charge in [-0.05, 0) is 5.92 Å². The van der Waals surface area contributed by atoms with Crippen molar-refractivity contribution in [2.75, 3.05) is 6.54 Å². The van der Waals surface area contributed by atoms with E-state index in [9.17, 15) is 19.5 Å². The molecule has 1 rings (SSSR count). The van der Waals surface area contributed by atoms with E-state index in [2.05, 4.69) is 5.32 Å². The number of aliphatic carboxylic acids is 1. The molecule has 114 valence electrons. The first-order valence-electron chi connectivity index (χ1n) is 6.76. The number of carbonyl (C=O) groups excluding carboxylic acids is 2. The number of aliphatic hydroxyl groups excluding tert-OH is 1. The molecule has 1 saturated heterocycles. The molecule has 1 fully saturated rings. The number of rotatable bonds is 5. The van der Waals surface area contributed by atoms with Gasteiger partial charge in [0.1, 0.15) is 12.1 Å². The number of nitrogens with one attached hydrogen (secondary N) is 1. The minimum atomic E-state index is -1.10. The van der Waals surface area contributed by atoms with Crippen molar-refractivity contribution in [3.63, 3.8) is 0 Å². The minimum Gasteiger partial charge on any atom is -0.480 e. The topological polar surface area (TPSA) is 107 Å². The van der Waals surface area contributed by atoms with Gasteiger partial charge in [0.05, 0.1) is 6.10 Å². The summed E-state index contributed by atoms with van der Waals surface area (Å²) in [4.78, 5) is 36.1. The maximum absolute atomic E-state index is 12.2. The van der Waals surface area contributed by atoms with Crippen LogP contribution in [-0.2, 0) is 14.4 Å². The SMILES string of the molecule is CC[C@@H](C)[C@H](NC(=O)[C@@H]1C[C@@H](O)CN1C(C)=O)C(=O)O. The molecule has 0 aromatic heterocycles. The molecular weight excluding hydrogens is 264 g/mol. The van der Waals surface area contributed by atoms with E-state index in [0.717, 1.165) is 0 Å². The Bertz CT molecular complexity index is 398. The number of nitrogens with zero attached hydrogens (tertiary/aromatic N) is 1. The highest BCUT2D eigenvalue weighted by molar-refractivity contribution is 5.90. The maximum Gasteiger partial charge on any atom is 0.326 e. The van der Waals surface area contributed by atoms with Crippen LogP contribution in [0.3, 0.4) is 0 Å². The van der Waals surface area contributed by atoms with Crippen LogP contribution < -0.4 is 5.32 Å². The highest BCUT2D eigenvalue weighted by Crippen LogP contribution is 2.19. The van der Waals surface area contributed by atoms with Crippen molar-refractivity contribution in [1.29, 1.82) is 0 Å². The second-order valence-corrected chi connectivity index (χ2v) is 5.29. The minimum absolute atomic E-state index is 0.106. The van der Waals surface area contributed by atoms with Gasteiger partial charge in [-0.15, -0.1) is 0 Å². The third-order valence-corrected chi connectivity index (χ3v) is 3.76. The van der Waals surface area contributed by atoms with Crippen LogP contribution in [-0.4, -0.2) is 57.6 Å². The Morgan fingerprint density at radius 2 is 2.00 bits per heavy atom. The van der Waals surface area contributed by atoms with Crippen molar-refractivity contribution in [1.82, 2.24) is 10.2 Å². The zero-order chi connectivity index (χ0) is 15.4. The predicted molar refractivity (Wildman–Crippen MR) is 70.8 cm³/mol. The summed E-state index contributed by atoms with van der Waals surface area (Å²) in [6.45, 7) is 5.01. The molecule has 0 aromatic rings. The van der Waals surface area contributed by atoms with E-state index in [4.69, 9.17) is 5.11 Å². The van der Waals surface area contributed by atoms with Gasteiger partial charge in [-0.2, -0.15) is 0 Å². The van der Waals surface area contributed by atoms with Crippen LogP contribution in [0.5, 0.6) is 0 Å². The lowest BCUT2D eigenvalue weighted by atomic mass is 9.98. The monoisotopic (exact) mass is 286 g/mol. The number of β-amino-alcohol motifs (C(OH)–C–C–N with tert-alkyl or cyclic N) is 1. The maximum atomic E-state index is 12.2. The Morgan fingerprint density at radius 3 is 2.45 bits per heavy atom. The van der Waals surface area contributed by atoms with E-state index < -0.39 is 30.1 Å². The lowest BCUT2D eigenvalue weighted by molar-refractivity contribution is -0.144. The molecule has 1 aliphatic heterocycles. The Hall–Kier alpha value is -1.63. The van der Waals surface area contributed by atoms with Crippen molar-refractivity contribution in [2.45, 2.75) is 51.8 Å². The van der Waals surface area contributed by atoms with Crippen molar-refractivity contribution in [2.24, 2.45) is 5.92 Å². The van der Waals surface area contributed by atoms with Crippen LogP contribution in [0.4, 0.5) is 0 Å². The van der Waals surface area contributed by atoms with Crippen molar-refractivity contribution in [3.05, 3.63) is 0 Å². The quantitative estimate of drug-likeness (QED) is 0.636. The molecule has 20 heavy (non-hydrogen) atoms. The molecule has 7 nitrogen and oxygen atoms in total. The number of aliphatic hydroxyl groups is 1. The molecule has 0 saturated carbocycles. The summed E-state index contributed by atoms with van der Waals surface area (Å²) < 4.78 is 0. The average molecular weight is 286 g/mol. The molecular formula is C13H22N2O5. The third kappa shape index (κ3) is 3.69. The molecule has 0 aliphatic carbocycles. The normalized spacial score (nSPS) is 25.1. The highest BCUT2D eigenvalue weighted by atomic mass is 16.4. The summed E-state index contributed by atoms with van der Waals surface area (Å²) in [6.07, 6.45) is 0.000639. The Labute approximate surface area is 117 Å². The van der Waals surface area contributed by atoms with Gasteiger partial charge in [0.2, 0.25) is 11.8 Å². The van der Waals surface area contributed by atoms with E-state index >= 15 is 0 Å². The van der Waals surface area contributed by atoms with Crippen LogP contribution in [0.25, 0.3) is 0 Å². The molecule has 0 radical (unpaired) electrons. The van der Waals surface area contributed by atoms with Crippen LogP contribution in [0.15, 0.2) is 0 Å². The summed E-state index contributed by atoms with van der Waals surface area (Å²) >= 11 is 0. The molecule has 0 unspecified atom stereocenters. The lowest BCUT2D eigenvalue weighted by Gasteiger charge is -2.26. The van der Waals surface area contributed by atoms with E-state index in [-0.39, 0.29) is 24.8 Å². The van der Waals surface area contributed by atoms with E-state index in [1.807, 2.05) is 6.92 Å². The van der Waals surface area contributed by atoms with Gasteiger partial charge in [-0.1, -0.05) is 20.3 Å². The number of carbonyl (C=O) groups is 3. The third-order valence-electron chi connectivity index (χ3n) is 3.76. The van der Waals surface area contributed by atoms with Gasteiger partial charge < -0.3 is 20.4 Å². The number of amides is 2. The summed E-state index contributed by atoms with van der Waals surface area (Å²) in [7, 11) is 0. The number of carboxylic acids is 1. The van der Waals surface area contributed by atoms with Gasteiger partial charge in [0.25, 0.3) is 0 Å².